The summed E-state index contributed by atoms with van der Waals surface area (Å²) in [5.41, 5.74) is 0.847. The van der Waals surface area contributed by atoms with Gasteiger partial charge in [-0.3, -0.25) is 9.59 Å². The molecular weight excluding hydrogens is 420 g/mol. The Balaban J connectivity index is 1.68. The molecule has 1 saturated carbocycles. The highest BCUT2D eigenvalue weighted by molar-refractivity contribution is 5.97. The minimum Gasteiger partial charge on any atom is -0.508 e. The van der Waals surface area contributed by atoms with Crippen molar-refractivity contribution in [2.75, 3.05) is 13.1 Å². The maximum atomic E-state index is 13.3. The van der Waals surface area contributed by atoms with Gasteiger partial charge >= 0.3 is 5.97 Å². The molecule has 3 N–H and O–H groups in total. The second kappa shape index (κ2) is 11.2. The Morgan fingerprint density at radius 1 is 1.06 bits per heavy atom. The number of rotatable bonds is 9. The lowest BCUT2D eigenvalue weighted by atomic mass is 9.98. The summed E-state index contributed by atoms with van der Waals surface area (Å²) in [6, 6.07) is 2.39. The fraction of sp³-hybridized carbons (Fsp3) is 0.692. The number of nitrogens with zero attached hydrogens (tertiary/aromatic N) is 1. The van der Waals surface area contributed by atoms with Gasteiger partial charge in [-0.1, -0.05) is 27.7 Å². The molecule has 0 unspecified atom stereocenters. The monoisotopic (exact) mass is 460 g/mol. The topological polar surface area (TPSA) is 99.1 Å². The molecule has 0 spiro atoms. The van der Waals surface area contributed by atoms with E-state index in [0.717, 1.165) is 38.5 Å². The number of esters is 1. The highest BCUT2D eigenvalue weighted by Crippen LogP contribution is 2.34. The zero-order valence-corrected chi connectivity index (χ0v) is 20.5. The first kappa shape index (κ1) is 25.3. The van der Waals surface area contributed by atoms with Crippen LogP contribution in [0, 0.1) is 5.92 Å². The normalized spacial score (nSPS) is 20.1. The number of benzene rings is 1. The van der Waals surface area contributed by atoms with E-state index in [0.29, 0.717) is 31.0 Å². The molecule has 1 heterocycles. The second-order valence-electron chi connectivity index (χ2n) is 10.3. The molecule has 1 aromatic carbocycles. The number of nitrogens with one attached hydrogen (secondary N) is 1. The molecule has 1 saturated heterocycles. The van der Waals surface area contributed by atoms with Crippen molar-refractivity contribution >= 4 is 11.9 Å². The van der Waals surface area contributed by atoms with Gasteiger partial charge in [0.25, 0.3) is 5.91 Å². The van der Waals surface area contributed by atoms with Gasteiger partial charge in [0.1, 0.15) is 23.6 Å². The molecule has 0 radical (unpaired) electrons. The van der Waals surface area contributed by atoms with Crippen LogP contribution in [0.1, 0.15) is 94.5 Å². The lowest BCUT2D eigenvalue weighted by Crippen LogP contribution is -2.48. The molecule has 0 aromatic heterocycles. The van der Waals surface area contributed by atoms with Crippen LogP contribution in [0.2, 0.25) is 0 Å². The standard InChI is InChI=1S/C26H40N2O5/c1-16(2)12-22(26(32)33-19-9-5-6-10-19)27-15-18-8-7-11-28(18)25(31)21-13-20(17(3)4)23(29)14-24(21)30/h13-14,16-19,22,27,29-30H,5-12,15H2,1-4H3/t18-,22-/m0/s1. The van der Waals surface area contributed by atoms with E-state index in [1.54, 1.807) is 11.0 Å². The van der Waals surface area contributed by atoms with E-state index in [9.17, 15) is 19.8 Å². The molecule has 2 atom stereocenters. The van der Waals surface area contributed by atoms with E-state index < -0.39 is 6.04 Å². The van der Waals surface area contributed by atoms with Crippen molar-refractivity contribution in [1.82, 2.24) is 10.2 Å². The van der Waals surface area contributed by atoms with Crippen LogP contribution >= 0.6 is 0 Å². The lowest BCUT2D eigenvalue weighted by Gasteiger charge is -2.28. The number of phenolic OH excluding ortho intramolecular Hbond substituents is 2. The third-order valence-corrected chi connectivity index (χ3v) is 6.81. The lowest BCUT2D eigenvalue weighted by molar-refractivity contribution is -0.151. The summed E-state index contributed by atoms with van der Waals surface area (Å²) in [6.45, 7) is 9.14. The summed E-state index contributed by atoms with van der Waals surface area (Å²) in [4.78, 5) is 27.9. The van der Waals surface area contributed by atoms with Crippen LogP contribution in [-0.2, 0) is 9.53 Å². The number of carbonyl (C=O) groups is 2. The first-order valence-corrected chi connectivity index (χ1v) is 12.5. The SMILES string of the molecule is CC(C)C[C@H](NC[C@@H]1CCCN1C(=O)c1cc(C(C)C)c(O)cc1O)C(=O)OC1CCCC1. The minimum absolute atomic E-state index is 0.00371. The highest BCUT2D eigenvalue weighted by atomic mass is 16.5. The van der Waals surface area contributed by atoms with Crippen LogP contribution in [0.4, 0.5) is 0 Å². The molecular formula is C26H40N2O5. The van der Waals surface area contributed by atoms with Crippen LogP contribution < -0.4 is 5.32 Å². The van der Waals surface area contributed by atoms with Crippen molar-refractivity contribution in [3.63, 3.8) is 0 Å². The van der Waals surface area contributed by atoms with Crippen molar-refractivity contribution < 1.29 is 24.5 Å². The summed E-state index contributed by atoms with van der Waals surface area (Å²) < 4.78 is 5.76. The Hall–Kier alpha value is -2.28. The van der Waals surface area contributed by atoms with Crippen LogP contribution in [0.25, 0.3) is 0 Å². The molecule has 1 aliphatic carbocycles. The molecule has 33 heavy (non-hydrogen) atoms. The van der Waals surface area contributed by atoms with Gasteiger partial charge in [-0.15, -0.1) is 0 Å². The van der Waals surface area contributed by atoms with Gasteiger partial charge in [0, 0.05) is 25.2 Å². The molecule has 7 heteroatoms. The van der Waals surface area contributed by atoms with E-state index in [2.05, 4.69) is 19.2 Å². The summed E-state index contributed by atoms with van der Waals surface area (Å²) in [7, 11) is 0. The highest BCUT2D eigenvalue weighted by Gasteiger charge is 2.33. The van der Waals surface area contributed by atoms with Gasteiger partial charge in [0.15, 0.2) is 0 Å². The number of amides is 1. The summed E-state index contributed by atoms with van der Waals surface area (Å²) in [5, 5.41) is 23.9. The smallest absolute Gasteiger partial charge is 0.323 e. The van der Waals surface area contributed by atoms with E-state index in [1.165, 1.54) is 6.07 Å². The van der Waals surface area contributed by atoms with Crippen molar-refractivity contribution in [3.8, 4) is 11.5 Å². The van der Waals surface area contributed by atoms with Crippen LogP contribution in [0.3, 0.4) is 0 Å². The van der Waals surface area contributed by atoms with Gasteiger partial charge < -0.3 is 25.2 Å². The molecule has 2 fully saturated rings. The van der Waals surface area contributed by atoms with E-state index in [4.69, 9.17) is 4.74 Å². The van der Waals surface area contributed by atoms with Gasteiger partial charge in [-0.25, -0.2) is 0 Å². The number of hydrogen-bond donors (Lipinski definition) is 3. The number of likely N-dealkylation sites (tertiary alicyclic amines) is 1. The van der Waals surface area contributed by atoms with Gasteiger partial charge in [-0.05, 0) is 68.4 Å². The van der Waals surface area contributed by atoms with Crippen LogP contribution in [0.5, 0.6) is 11.5 Å². The average Bonchev–Trinajstić information content (AvgIpc) is 3.42. The second-order valence-corrected chi connectivity index (χ2v) is 10.3. The molecule has 1 aliphatic heterocycles. The Labute approximate surface area is 197 Å². The van der Waals surface area contributed by atoms with E-state index >= 15 is 0 Å². The maximum Gasteiger partial charge on any atom is 0.323 e. The fourth-order valence-corrected chi connectivity index (χ4v) is 4.96. The van der Waals surface area contributed by atoms with Crippen LogP contribution in [-0.4, -0.2) is 58.3 Å². The molecule has 1 amide bonds. The zero-order valence-electron chi connectivity index (χ0n) is 20.5. The van der Waals surface area contributed by atoms with E-state index in [1.807, 2.05) is 13.8 Å². The predicted molar refractivity (Wildman–Crippen MR) is 128 cm³/mol. The van der Waals surface area contributed by atoms with Crippen molar-refractivity contribution in [1.29, 1.82) is 0 Å². The number of carbonyl (C=O) groups excluding carboxylic acids is 2. The number of hydrogen-bond acceptors (Lipinski definition) is 6. The average molecular weight is 461 g/mol. The minimum atomic E-state index is -0.391. The van der Waals surface area contributed by atoms with Gasteiger partial charge in [-0.2, -0.15) is 0 Å². The summed E-state index contributed by atoms with van der Waals surface area (Å²) in [5.74, 6) is -0.287. The summed E-state index contributed by atoms with van der Waals surface area (Å²) >= 11 is 0. The molecule has 2 aliphatic rings. The first-order chi connectivity index (χ1) is 15.7. The first-order valence-electron chi connectivity index (χ1n) is 12.5. The van der Waals surface area contributed by atoms with Crippen molar-refractivity contribution in [3.05, 3.63) is 23.3 Å². The van der Waals surface area contributed by atoms with Gasteiger partial charge in [0.05, 0.1) is 5.56 Å². The molecule has 1 aromatic rings. The molecule has 7 nitrogen and oxygen atoms in total. The fourth-order valence-electron chi connectivity index (χ4n) is 4.96. The maximum absolute atomic E-state index is 13.3. The Morgan fingerprint density at radius 3 is 2.39 bits per heavy atom. The zero-order chi connectivity index (χ0) is 24.1. The van der Waals surface area contributed by atoms with Crippen LogP contribution in [0.15, 0.2) is 12.1 Å². The Bertz CT molecular complexity index is 832. The van der Waals surface area contributed by atoms with Crippen molar-refractivity contribution in [2.45, 2.75) is 96.7 Å². The third-order valence-electron chi connectivity index (χ3n) is 6.81. The predicted octanol–water partition coefficient (Wildman–Crippen LogP) is 4.32. The summed E-state index contributed by atoms with van der Waals surface area (Å²) in [6.07, 6.45) is 6.54. The quantitative estimate of drug-likeness (QED) is 0.475. The van der Waals surface area contributed by atoms with Gasteiger partial charge in [0.2, 0.25) is 0 Å². The Morgan fingerprint density at radius 2 is 1.76 bits per heavy atom. The molecule has 184 valence electrons. The number of aromatic hydroxyl groups is 2. The van der Waals surface area contributed by atoms with E-state index in [-0.39, 0.29) is 47.0 Å². The number of phenols is 2. The van der Waals surface area contributed by atoms with Crippen molar-refractivity contribution in [2.24, 2.45) is 5.92 Å². The molecule has 0 bridgehead atoms. The third kappa shape index (κ3) is 6.40. The molecule has 3 rings (SSSR count). The largest absolute Gasteiger partial charge is 0.508 e. The Kier molecular flexibility index (Phi) is 8.63. The number of ether oxygens (including phenoxy) is 1.